The highest BCUT2D eigenvalue weighted by Gasteiger charge is 2.47. The molecular formula is C30H30ClNO4. The number of aryl methyl sites for hydroxylation is 2. The second kappa shape index (κ2) is 9.47. The van der Waals surface area contributed by atoms with E-state index in [1.165, 1.54) is 12.0 Å². The van der Waals surface area contributed by atoms with Crippen molar-refractivity contribution < 1.29 is 19.4 Å². The van der Waals surface area contributed by atoms with E-state index >= 15 is 0 Å². The van der Waals surface area contributed by atoms with Gasteiger partial charge in [0.05, 0.1) is 24.3 Å². The standard InChI is InChI=1S/C30H30ClNO4/c1-17-7-14-24(36-6)22(15-17)27(33)25-26(19-8-10-20(11-9-19)30(3,4)5)32(29(35)28(25)34)23-13-12-21(31)16-18(23)2/h7-16,26,33H,1-6H3/b27-25+. The van der Waals surface area contributed by atoms with E-state index in [4.69, 9.17) is 16.3 Å². The summed E-state index contributed by atoms with van der Waals surface area (Å²) in [5, 5.41) is 12.0. The van der Waals surface area contributed by atoms with Gasteiger partial charge in [0.15, 0.2) is 0 Å². The van der Waals surface area contributed by atoms with Crippen LogP contribution >= 0.6 is 11.6 Å². The van der Waals surface area contributed by atoms with Gasteiger partial charge in [-0.2, -0.15) is 0 Å². The number of halogens is 1. The third-order valence-electron chi connectivity index (χ3n) is 6.57. The van der Waals surface area contributed by atoms with Crippen molar-refractivity contribution in [2.45, 2.75) is 46.1 Å². The van der Waals surface area contributed by atoms with Crippen molar-refractivity contribution >= 4 is 34.7 Å². The Labute approximate surface area is 217 Å². The lowest BCUT2D eigenvalue weighted by atomic mass is 9.85. The molecule has 1 atom stereocenters. The predicted molar refractivity (Wildman–Crippen MR) is 144 cm³/mol. The molecule has 1 N–H and O–H groups in total. The molecule has 0 aliphatic carbocycles. The van der Waals surface area contributed by atoms with Crippen molar-refractivity contribution in [1.82, 2.24) is 0 Å². The number of amides is 1. The van der Waals surface area contributed by atoms with E-state index in [0.29, 0.717) is 27.6 Å². The number of benzene rings is 3. The SMILES string of the molecule is COc1ccc(C)cc1/C(O)=C1\C(=O)C(=O)N(c2ccc(Cl)cc2C)C1c1ccc(C(C)(C)C)cc1. The number of hydrogen-bond acceptors (Lipinski definition) is 4. The van der Waals surface area contributed by atoms with E-state index in [1.807, 2.05) is 44.2 Å². The smallest absolute Gasteiger partial charge is 0.300 e. The zero-order chi connectivity index (χ0) is 26.4. The van der Waals surface area contributed by atoms with Crippen molar-refractivity contribution in [3.63, 3.8) is 0 Å². The van der Waals surface area contributed by atoms with Gasteiger partial charge in [-0.3, -0.25) is 14.5 Å². The quantitative estimate of drug-likeness (QED) is 0.239. The Morgan fingerprint density at radius 3 is 2.22 bits per heavy atom. The first-order chi connectivity index (χ1) is 16.9. The number of ketones is 1. The third-order valence-corrected chi connectivity index (χ3v) is 6.80. The first-order valence-corrected chi connectivity index (χ1v) is 12.1. The largest absolute Gasteiger partial charge is 0.507 e. The maximum absolute atomic E-state index is 13.5. The Balaban J connectivity index is 1.99. The Morgan fingerprint density at radius 2 is 1.64 bits per heavy atom. The molecule has 0 radical (unpaired) electrons. The van der Waals surface area contributed by atoms with Gasteiger partial charge in [0.1, 0.15) is 11.5 Å². The van der Waals surface area contributed by atoms with Crippen molar-refractivity contribution in [3.8, 4) is 5.75 Å². The van der Waals surface area contributed by atoms with Crippen LogP contribution in [0.1, 0.15) is 54.6 Å². The van der Waals surface area contributed by atoms with Crippen LogP contribution in [0.4, 0.5) is 5.69 Å². The van der Waals surface area contributed by atoms with Crippen LogP contribution in [-0.2, 0) is 15.0 Å². The third kappa shape index (κ3) is 4.51. The lowest BCUT2D eigenvalue weighted by molar-refractivity contribution is -0.132. The minimum Gasteiger partial charge on any atom is -0.507 e. The van der Waals surface area contributed by atoms with E-state index < -0.39 is 17.7 Å². The molecule has 3 aromatic rings. The molecule has 0 spiro atoms. The highest BCUT2D eigenvalue weighted by atomic mass is 35.5. The molecule has 1 heterocycles. The Kier molecular flexibility index (Phi) is 6.72. The molecule has 1 aliphatic rings. The molecule has 0 saturated carbocycles. The minimum atomic E-state index is -0.830. The van der Waals surface area contributed by atoms with Crippen LogP contribution in [0.25, 0.3) is 5.76 Å². The summed E-state index contributed by atoms with van der Waals surface area (Å²) < 4.78 is 5.46. The van der Waals surface area contributed by atoms with Crippen molar-refractivity contribution in [2.24, 2.45) is 0 Å². The topological polar surface area (TPSA) is 66.8 Å². The molecule has 1 aliphatic heterocycles. The Bertz CT molecular complexity index is 1380. The number of Topliss-reactive ketones (excluding diaryl/α,β-unsaturated/α-hetero) is 1. The Hall–Kier alpha value is -3.57. The van der Waals surface area contributed by atoms with Gasteiger partial charge in [-0.15, -0.1) is 0 Å². The molecule has 1 saturated heterocycles. The zero-order valence-corrected chi connectivity index (χ0v) is 22.1. The number of anilines is 1. The van der Waals surface area contributed by atoms with E-state index in [2.05, 4.69) is 20.8 Å². The number of aliphatic hydroxyl groups excluding tert-OH is 1. The van der Waals surface area contributed by atoms with Crippen molar-refractivity contribution in [2.75, 3.05) is 12.0 Å². The van der Waals surface area contributed by atoms with Gasteiger partial charge in [0.2, 0.25) is 0 Å². The van der Waals surface area contributed by atoms with Crippen LogP contribution in [0.15, 0.2) is 66.2 Å². The number of hydrogen-bond donors (Lipinski definition) is 1. The van der Waals surface area contributed by atoms with Crippen LogP contribution in [-0.4, -0.2) is 23.9 Å². The molecule has 0 bridgehead atoms. The number of ether oxygens (including phenoxy) is 1. The summed E-state index contributed by atoms with van der Waals surface area (Å²) in [5.41, 5.74) is 4.32. The zero-order valence-electron chi connectivity index (χ0n) is 21.3. The number of aliphatic hydroxyl groups is 1. The predicted octanol–water partition coefficient (Wildman–Crippen LogP) is 6.89. The molecule has 4 rings (SSSR count). The second-order valence-corrected chi connectivity index (χ2v) is 10.6. The summed E-state index contributed by atoms with van der Waals surface area (Å²) in [6.45, 7) is 10.1. The molecule has 6 heteroatoms. The first-order valence-electron chi connectivity index (χ1n) is 11.8. The molecule has 186 valence electrons. The number of rotatable bonds is 4. The van der Waals surface area contributed by atoms with Crippen LogP contribution in [0.2, 0.25) is 5.02 Å². The van der Waals surface area contributed by atoms with Crippen LogP contribution in [0.5, 0.6) is 5.75 Å². The monoisotopic (exact) mass is 503 g/mol. The molecule has 1 fully saturated rings. The summed E-state index contributed by atoms with van der Waals surface area (Å²) >= 11 is 6.18. The molecule has 3 aromatic carbocycles. The highest BCUT2D eigenvalue weighted by molar-refractivity contribution is 6.52. The van der Waals surface area contributed by atoms with Gasteiger partial charge in [0.25, 0.3) is 11.7 Å². The molecule has 0 aromatic heterocycles. The summed E-state index contributed by atoms with van der Waals surface area (Å²) in [6, 6.07) is 17.5. The highest BCUT2D eigenvalue weighted by Crippen LogP contribution is 2.44. The molecule has 5 nitrogen and oxygen atoms in total. The summed E-state index contributed by atoms with van der Waals surface area (Å²) in [4.78, 5) is 28.4. The van der Waals surface area contributed by atoms with E-state index in [-0.39, 0.29) is 16.7 Å². The van der Waals surface area contributed by atoms with Crippen molar-refractivity contribution in [3.05, 3.63) is 99.1 Å². The number of carbonyl (C=O) groups is 2. The van der Waals surface area contributed by atoms with Crippen molar-refractivity contribution in [1.29, 1.82) is 0 Å². The number of carbonyl (C=O) groups excluding carboxylic acids is 2. The Morgan fingerprint density at radius 1 is 0.972 bits per heavy atom. The van der Waals surface area contributed by atoms with Gasteiger partial charge >= 0.3 is 0 Å². The summed E-state index contributed by atoms with van der Waals surface area (Å²) in [5.74, 6) is -1.32. The number of nitrogens with zero attached hydrogens (tertiary/aromatic N) is 1. The maximum atomic E-state index is 13.5. The maximum Gasteiger partial charge on any atom is 0.300 e. The average molecular weight is 504 g/mol. The molecule has 1 unspecified atom stereocenters. The minimum absolute atomic E-state index is 0.0155. The summed E-state index contributed by atoms with van der Waals surface area (Å²) in [6.07, 6.45) is 0. The fourth-order valence-corrected chi connectivity index (χ4v) is 4.83. The van der Waals surface area contributed by atoms with E-state index in [9.17, 15) is 14.7 Å². The molecule has 36 heavy (non-hydrogen) atoms. The lowest BCUT2D eigenvalue weighted by Gasteiger charge is -2.28. The van der Waals surface area contributed by atoms with Gasteiger partial charge < -0.3 is 9.84 Å². The van der Waals surface area contributed by atoms with Gasteiger partial charge in [-0.1, -0.05) is 68.3 Å². The molecular weight excluding hydrogens is 474 g/mol. The fourth-order valence-electron chi connectivity index (χ4n) is 4.60. The average Bonchev–Trinajstić information content (AvgIpc) is 3.08. The van der Waals surface area contributed by atoms with E-state index in [0.717, 1.165) is 16.7 Å². The van der Waals surface area contributed by atoms with Gasteiger partial charge in [-0.05, 0) is 66.3 Å². The number of methoxy groups -OCH3 is 1. The van der Waals surface area contributed by atoms with Gasteiger partial charge in [0, 0.05) is 10.7 Å². The van der Waals surface area contributed by atoms with Gasteiger partial charge in [-0.25, -0.2) is 0 Å². The summed E-state index contributed by atoms with van der Waals surface area (Å²) in [7, 11) is 1.50. The molecule has 1 amide bonds. The fraction of sp³-hybridized carbons (Fsp3) is 0.267. The first kappa shape index (κ1) is 25.5. The second-order valence-electron chi connectivity index (χ2n) is 10.2. The van der Waals surface area contributed by atoms with E-state index in [1.54, 1.807) is 30.3 Å². The lowest BCUT2D eigenvalue weighted by Crippen LogP contribution is -2.30. The van der Waals surface area contributed by atoms with Crippen LogP contribution < -0.4 is 9.64 Å². The normalized spacial score (nSPS) is 17.5. The van der Waals surface area contributed by atoms with Crippen LogP contribution in [0, 0.1) is 13.8 Å². The van der Waals surface area contributed by atoms with Crippen LogP contribution in [0.3, 0.4) is 0 Å².